The van der Waals surface area contributed by atoms with Crippen molar-refractivity contribution < 1.29 is 14.4 Å². The zero-order valence-corrected chi connectivity index (χ0v) is 12.8. The number of nitrogens with one attached hydrogen (secondary N) is 2. The van der Waals surface area contributed by atoms with E-state index in [0.29, 0.717) is 6.54 Å². The van der Waals surface area contributed by atoms with Crippen molar-refractivity contribution >= 4 is 17.7 Å². The van der Waals surface area contributed by atoms with Crippen LogP contribution in [0.25, 0.3) is 0 Å². The molecule has 2 atom stereocenters. The van der Waals surface area contributed by atoms with Crippen molar-refractivity contribution in [2.24, 2.45) is 11.8 Å². The summed E-state index contributed by atoms with van der Waals surface area (Å²) in [7, 11) is 0. The van der Waals surface area contributed by atoms with Crippen LogP contribution in [0.4, 0.5) is 0 Å². The number of amides is 3. The van der Waals surface area contributed by atoms with Gasteiger partial charge in [0.05, 0.1) is 11.8 Å². The summed E-state index contributed by atoms with van der Waals surface area (Å²) in [6.07, 6.45) is 6.57. The minimum Gasteiger partial charge on any atom is -0.351 e. The van der Waals surface area contributed by atoms with Crippen LogP contribution in [0.2, 0.25) is 0 Å². The minimum absolute atomic E-state index is 0.129. The van der Waals surface area contributed by atoms with Gasteiger partial charge in [-0.15, -0.1) is 0 Å². The van der Waals surface area contributed by atoms with Crippen LogP contribution in [0.5, 0.6) is 0 Å². The Kier molecular flexibility index (Phi) is 4.57. The highest BCUT2D eigenvalue weighted by Gasteiger charge is 2.48. The molecule has 0 spiro atoms. The van der Waals surface area contributed by atoms with Crippen LogP contribution < -0.4 is 10.6 Å². The first kappa shape index (κ1) is 15.2. The van der Waals surface area contributed by atoms with E-state index >= 15 is 0 Å². The third kappa shape index (κ3) is 3.06. The molecule has 3 rings (SSSR count). The summed E-state index contributed by atoms with van der Waals surface area (Å²) >= 11 is 0. The van der Waals surface area contributed by atoms with E-state index in [-0.39, 0.29) is 36.1 Å². The Morgan fingerprint density at radius 1 is 1.23 bits per heavy atom. The van der Waals surface area contributed by atoms with Gasteiger partial charge in [0.2, 0.25) is 17.7 Å². The normalized spacial score (nSPS) is 28.4. The monoisotopic (exact) mass is 305 g/mol. The fourth-order valence-corrected chi connectivity index (χ4v) is 3.63. The molecule has 22 heavy (non-hydrogen) atoms. The van der Waals surface area contributed by atoms with Crippen LogP contribution in [0.15, 0.2) is 11.6 Å². The molecule has 0 bridgehead atoms. The maximum Gasteiger partial charge on any atom is 0.240 e. The summed E-state index contributed by atoms with van der Waals surface area (Å²) in [4.78, 5) is 37.8. The minimum atomic E-state index is -0.250. The Hall–Kier alpha value is -1.69. The molecular weight excluding hydrogens is 282 g/mol. The topological polar surface area (TPSA) is 78.5 Å². The maximum absolute atomic E-state index is 12.3. The molecule has 2 fully saturated rings. The van der Waals surface area contributed by atoms with Crippen molar-refractivity contribution in [3.63, 3.8) is 0 Å². The molecule has 1 aliphatic carbocycles. The van der Waals surface area contributed by atoms with Gasteiger partial charge in [-0.1, -0.05) is 24.5 Å². The molecule has 6 nitrogen and oxygen atoms in total. The zero-order chi connectivity index (χ0) is 15.5. The summed E-state index contributed by atoms with van der Waals surface area (Å²) in [5, 5.41) is 6.04. The molecule has 0 aromatic heterocycles. The fraction of sp³-hybridized carbons (Fsp3) is 0.688. The average Bonchev–Trinajstić information content (AvgIpc) is 2.79. The molecule has 0 aromatic rings. The second-order valence-electron chi connectivity index (χ2n) is 6.35. The molecule has 0 radical (unpaired) electrons. The molecule has 2 unspecified atom stereocenters. The molecule has 3 amide bonds. The fourth-order valence-electron chi connectivity index (χ4n) is 3.63. The lowest BCUT2D eigenvalue weighted by molar-refractivity contribution is -0.143. The zero-order valence-electron chi connectivity index (χ0n) is 12.8. The van der Waals surface area contributed by atoms with Gasteiger partial charge >= 0.3 is 0 Å². The predicted octanol–water partition coefficient (Wildman–Crippen LogP) is 0.198. The molecule has 2 heterocycles. The number of fused-ring (bicyclic) bond motifs is 1. The van der Waals surface area contributed by atoms with Crippen LogP contribution in [-0.2, 0) is 14.4 Å². The third-order valence-corrected chi connectivity index (χ3v) is 4.90. The Morgan fingerprint density at radius 3 is 2.50 bits per heavy atom. The quantitative estimate of drug-likeness (QED) is 0.574. The molecule has 2 aliphatic heterocycles. The van der Waals surface area contributed by atoms with Gasteiger partial charge in [-0.3, -0.25) is 19.3 Å². The lowest BCUT2D eigenvalue weighted by atomic mass is 9.81. The molecule has 120 valence electrons. The van der Waals surface area contributed by atoms with Crippen LogP contribution in [0, 0.1) is 11.8 Å². The van der Waals surface area contributed by atoms with E-state index in [1.54, 1.807) is 0 Å². The van der Waals surface area contributed by atoms with Crippen molar-refractivity contribution in [3.8, 4) is 0 Å². The Morgan fingerprint density at radius 2 is 1.91 bits per heavy atom. The van der Waals surface area contributed by atoms with Gasteiger partial charge < -0.3 is 10.6 Å². The number of likely N-dealkylation sites (tertiary alicyclic amines) is 1. The highest BCUT2D eigenvalue weighted by atomic mass is 16.2. The van der Waals surface area contributed by atoms with Gasteiger partial charge in [-0.05, 0) is 25.8 Å². The van der Waals surface area contributed by atoms with E-state index in [9.17, 15) is 14.4 Å². The highest BCUT2D eigenvalue weighted by molar-refractivity contribution is 6.07. The van der Waals surface area contributed by atoms with Crippen molar-refractivity contribution in [2.75, 3.05) is 26.2 Å². The molecule has 1 saturated heterocycles. The lowest BCUT2D eigenvalue weighted by Crippen LogP contribution is -2.41. The van der Waals surface area contributed by atoms with Gasteiger partial charge in [0.15, 0.2) is 0 Å². The summed E-state index contributed by atoms with van der Waals surface area (Å²) in [6, 6.07) is 0. The largest absolute Gasteiger partial charge is 0.351 e. The predicted molar refractivity (Wildman–Crippen MR) is 80.7 cm³/mol. The summed E-state index contributed by atoms with van der Waals surface area (Å²) < 4.78 is 0. The first-order valence-corrected chi connectivity index (χ1v) is 8.17. The molecule has 2 N–H and O–H groups in total. The van der Waals surface area contributed by atoms with Crippen LogP contribution in [-0.4, -0.2) is 48.8 Å². The second-order valence-corrected chi connectivity index (χ2v) is 6.35. The van der Waals surface area contributed by atoms with Crippen LogP contribution >= 0.6 is 0 Å². The van der Waals surface area contributed by atoms with E-state index in [4.69, 9.17) is 0 Å². The van der Waals surface area contributed by atoms with Crippen molar-refractivity contribution in [1.29, 1.82) is 0 Å². The first-order chi connectivity index (χ1) is 10.7. The number of nitrogens with zero attached hydrogens (tertiary/aromatic N) is 1. The van der Waals surface area contributed by atoms with E-state index in [1.165, 1.54) is 10.5 Å². The standard InChI is InChI=1S/C16H23N3O3/c20-14(18-9-11-5-7-17-8-6-11)10-19-15(21)12-3-1-2-4-13(12)16(19)22/h5,12-13,17H,1-4,6-10H2,(H,18,20). The number of hydrogen-bond acceptors (Lipinski definition) is 4. The number of carbonyl (C=O) groups excluding carboxylic acids is 3. The van der Waals surface area contributed by atoms with Gasteiger partial charge in [0.25, 0.3) is 0 Å². The number of hydrogen-bond donors (Lipinski definition) is 2. The van der Waals surface area contributed by atoms with Crippen LogP contribution in [0.1, 0.15) is 32.1 Å². The van der Waals surface area contributed by atoms with Crippen LogP contribution in [0.3, 0.4) is 0 Å². The van der Waals surface area contributed by atoms with Gasteiger partial charge in [-0.2, -0.15) is 0 Å². The van der Waals surface area contributed by atoms with E-state index in [2.05, 4.69) is 16.7 Å². The summed E-state index contributed by atoms with van der Waals surface area (Å²) in [5.74, 6) is -0.904. The summed E-state index contributed by atoms with van der Waals surface area (Å²) in [6.45, 7) is 2.13. The van der Waals surface area contributed by atoms with Crippen molar-refractivity contribution in [1.82, 2.24) is 15.5 Å². The SMILES string of the molecule is O=C(CN1C(=O)C2CCCCC2C1=O)NCC1=CCNCC1. The van der Waals surface area contributed by atoms with Gasteiger partial charge in [0, 0.05) is 13.1 Å². The van der Waals surface area contributed by atoms with Crippen molar-refractivity contribution in [3.05, 3.63) is 11.6 Å². The second kappa shape index (κ2) is 6.60. The Labute approximate surface area is 130 Å². The van der Waals surface area contributed by atoms with Gasteiger partial charge in [0.1, 0.15) is 6.54 Å². The maximum atomic E-state index is 12.3. The molecule has 3 aliphatic rings. The Bertz CT molecular complexity index is 491. The number of rotatable bonds is 4. The van der Waals surface area contributed by atoms with E-state index < -0.39 is 0 Å². The summed E-state index contributed by atoms with van der Waals surface area (Å²) in [5.41, 5.74) is 1.19. The number of carbonyl (C=O) groups is 3. The first-order valence-electron chi connectivity index (χ1n) is 8.17. The highest BCUT2D eigenvalue weighted by Crippen LogP contribution is 2.37. The van der Waals surface area contributed by atoms with E-state index in [0.717, 1.165) is 45.2 Å². The average molecular weight is 305 g/mol. The molecule has 6 heteroatoms. The number of imide groups is 1. The molecular formula is C16H23N3O3. The molecule has 0 aromatic carbocycles. The smallest absolute Gasteiger partial charge is 0.240 e. The third-order valence-electron chi connectivity index (χ3n) is 4.90. The molecule has 1 saturated carbocycles. The van der Waals surface area contributed by atoms with Gasteiger partial charge in [-0.25, -0.2) is 0 Å². The van der Waals surface area contributed by atoms with Crippen molar-refractivity contribution in [2.45, 2.75) is 32.1 Å². The lowest BCUT2D eigenvalue weighted by Gasteiger charge is -2.19. The Balaban J connectivity index is 1.53. The van der Waals surface area contributed by atoms with E-state index in [1.807, 2.05) is 0 Å².